The van der Waals surface area contributed by atoms with E-state index in [1.54, 1.807) is 49.1 Å². The van der Waals surface area contributed by atoms with Crippen molar-refractivity contribution in [1.82, 2.24) is 4.90 Å². The highest BCUT2D eigenvalue weighted by molar-refractivity contribution is 7.92. The van der Waals surface area contributed by atoms with Gasteiger partial charge < -0.3 is 4.90 Å². The lowest BCUT2D eigenvalue weighted by Crippen LogP contribution is -2.53. The van der Waals surface area contributed by atoms with Gasteiger partial charge in [0, 0.05) is 18.7 Å². The molecule has 22 heavy (non-hydrogen) atoms. The van der Waals surface area contributed by atoms with Crippen molar-refractivity contribution in [2.24, 2.45) is 0 Å². The fourth-order valence-corrected chi connectivity index (χ4v) is 4.02. The molecule has 0 N–H and O–H groups in total. The monoisotopic (exact) mass is 318 g/mol. The van der Waals surface area contributed by atoms with E-state index in [-0.39, 0.29) is 24.2 Å². The van der Waals surface area contributed by atoms with Gasteiger partial charge in [-0.05, 0) is 37.6 Å². The molecule has 2 rings (SSSR count). The van der Waals surface area contributed by atoms with E-state index >= 15 is 0 Å². The van der Waals surface area contributed by atoms with E-state index in [1.165, 1.54) is 6.08 Å². The van der Waals surface area contributed by atoms with Crippen molar-refractivity contribution < 1.29 is 13.2 Å². The molecule has 116 valence electrons. The lowest BCUT2D eigenvalue weighted by molar-refractivity contribution is -0.127. The van der Waals surface area contributed by atoms with Crippen LogP contribution in [0.15, 0.2) is 30.3 Å². The van der Waals surface area contributed by atoms with Crippen molar-refractivity contribution in [2.75, 3.05) is 12.3 Å². The Kier molecular flexibility index (Phi) is 4.67. The summed E-state index contributed by atoms with van der Waals surface area (Å²) in [6.07, 6.45) is 3.07. The van der Waals surface area contributed by atoms with Gasteiger partial charge in [0.25, 0.3) is 0 Å². The Morgan fingerprint density at radius 3 is 2.82 bits per heavy atom. The van der Waals surface area contributed by atoms with Crippen molar-refractivity contribution in [2.45, 2.75) is 25.1 Å². The molecule has 0 radical (unpaired) electrons. The smallest absolute Gasteiger partial charge is 0.246 e. The zero-order chi connectivity index (χ0) is 16.3. The number of nitrogens with zero attached hydrogens (tertiary/aromatic N) is 2. The van der Waals surface area contributed by atoms with E-state index in [0.29, 0.717) is 5.56 Å². The number of sulfone groups is 1. The summed E-state index contributed by atoms with van der Waals surface area (Å²) in [4.78, 5) is 13.9. The quantitative estimate of drug-likeness (QED) is 0.776. The fourth-order valence-electron chi connectivity index (χ4n) is 2.45. The first-order chi connectivity index (χ1) is 10.3. The molecular formula is C16H18N2O3S. The molecule has 5 nitrogen and oxygen atoms in total. The molecule has 0 saturated carbocycles. The molecule has 1 amide bonds. The minimum atomic E-state index is -3.11. The summed E-state index contributed by atoms with van der Waals surface area (Å²) in [6.45, 7) is 3.61. The van der Waals surface area contributed by atoms with Gasteiger partial charge in [0.05, 0.1) is 22.6 Å². The lowest BCUT2D eigenvalue weighted by atomic mass is 10.1. The van der Waals surface area contributed by atoms with E-state index in [2.05, 4.69) is 0 Å². The molecule has 1 saturated heterocycles. The van der Waals surface area contributed by atoms with Crippen LogP contribution in [-0.2, 0) is 14.6 Å². The highest BCUT2D eigenvalue weighted by Crippen LogP contribution is 2.19. The zero-order valence-corrected chi connectivity index (χ0v) is 13.4. The molecule has 1 aliphatic heterocycles. The molecule has 1 heterocycles. The first-order valence-electron chi connectivity index (χ1n) is 7.05. The van der Waals surface area contributed by atoms with Gasteiger partial charge in [-0.2, -0.15) is 5.26 Å². The number of benzene rings is 1. The largest absolute Gasteiger partial charge is 0.334 e. The Morgan fingerprint density at radius 2 is 2.14 bits per heavy atom. The van der Waals surface area contributed by atoms with Gasteiger partial charge in [0.1, 0.15) is 0 Å². The molecule has 0 spiro atoms. The summed E-state index contributed by atoms with van der Waals surface area (Å²) in [5.74, 6) is -0.209. The van der Waals surface area contributed by atoms with Crippen LogP contribution >= 0.6 is 0 Å². The van der Waals surface area contributed by atoms with Crippen molar-refractivity contribution in [3.05, 3.63) is 41.5 Å². The van der Waals surface area contributed by atoms with Gasteiger partial charge in [0.2, 0.25) is 5.91 Å². The summed E-state index contributed by atoms with van der Waals surface area (Å²) in [6, 6.07) is 8.64. The van der Waals surface area contributed by atoms with Crippen molar-refractivity contribution >= 4 is 21.8 Å². The van der Waals surface area contributed by atoms with Gasteiger partial charge >= 0.3 is 0 Å². The van der Waals surface area contributed by atoms with Crippen LogP contribution < -0.4 is 0 Å². The second-order valence-electron chi connectivity index (χ2n) is 5.41. The third kappa shape index (κ3) is 3.37. The molecule has 1 aromatic carbocycles. The highest BCUT2D eigenvalue weighted by atomic mass is 32.2. The summed E-state index contributed by atoms with van der Waals surface area (Å²) < 4.78 is 23.6. The normalized spacial score (nSPS) is 24.1. The Hall–Kier alpha value is -2.13. The average molecular weight is 318 g/mol. The molecule has 0 aromatic heterocycles. The zero-order valence-electron chi connectivity index (χ0n) is 12.6. The maximum Gasteiger partial charge on any atom is 0.246 e. The summed E-state index contributed by atoms with van der Waals surface area (Å²) in [5, 5.41) is 8.30. The molecular weight excluding hydrogens is 300 g/mol. The van der Waals surface area contributed by atoms with Crippen LogP contribution in [0, 0.1) is 11.3 Å². The molecule has 2 unspecified atom stereocenters. The van der Waals surface area contributed by atoms with E-state index < -0.39 is 15.1 Å². The van der Waals surface area contributed by atoms with Gasteiger partial charge in [-0.3, -0.25) is 4.79 Å². The number of carbonyl (C=O) groups excluding carboxylic acids is 1. The SMILES string of the molecule is CC1C(C)S(=O)(=O)CCN1C(=O)/C=C/c1cccc(C#N)c1. The number of rotatable bonds is 2. The number of hydrogen-bond donors (Lipinski definition) is 0. The van der Waals surface area contributed by atoms with Crippen molar-refractivity contribution in [3.63, 3.8) is 0 Å². The minimum absolute atomic E-state index is 0.00199. The predicted molar refractivity (Wildman–Crippen MR) is 84.6 cm³/mol. The topological polar surface area (TPSA) is 78.2 Å². The summed E-state index contributed by atoms with van der Waals surface area (Å²) >= 11 is 0. The first kappa shape index (κ1) is 16.2. The molecule has 1 aromatic rings. The van der Waals surface area contributed by atoms with E-state index in [1.807, 2.05) is 6.07 Å². The van der Waals surface area contributed by atoms with Gasteiger partial charge in [-0.25, -0.2) is 8.42 Å². The van der Waals surface area contributed by atoms with Crippen LogP contribution in [0.4, 0.5) is 0 Å². The van der Waals surface area contributed by atoms with Crippen LogP contribution in [0.1, 0.15) is 25.0 Å². The maximum atomic E-state index is 12.3. The molecule has 1 fully saturated rings. The predicted octanol–water partition coefficient (Wildman–Crippen LogP) is 1.61. The molecule has 1 aliphatic rings. The summed E-state index contributed by atoms with van der Waals surface area (Å²) in [5.41, 5.74) is 1.29. The molecule has 0 bridgehead atoms. The molecule has 6 heteroatoms. The molecule has 0 aliphatic carbocycles. The van der Waals surface area contributed by atoms with Gasteiger partial charge in [-0.15, -0.1) is 0 Å². The number of carbonyl (C=O) groups is 1. The summed E-state index contributed by atoms with van der Waals surface area (Å²) in [7, 11) is -3.11. The highest BCUT2D eigenvalue weighted by Gasteiger charge is 2.37. The van der Waals surface area contributed by atoms with Crippen molar-refractivity contribution in [1.29, 1.82) is 5.26 Å². The van der Waals surface area contributed by atoms with E-state index in [9.17, 15) is 13.2 Å². The van der Waals surface area contributed by atoms with E-state index in [4.69, 9.17) is 5.26 Å². The number of amides is 1. The van der Waals surface area contributed by atoms with Gasteiger partial charge in [0.15, 0.2) is 9.84 Å². The molecule has 2 atom stereocenters. The fraction of sp³-hybridized carbons (Fsp3) is 0.375. The minimum Gasteiger partial charge on any atom is -0.334 e. The maximum absolute atomic E-state index is 12.3. The van der Waals surface area contributed by atoms with Crippen molar-refractivity contribution in [3.8, 4) is 6.07 Å². The average Bonchev–Trinajstić information content (AvgIpc) is 2.51. The second-order valence-corrected chi connectivity index (χ2v) is 7.89. The number of nitriles is 1. The number of hydrogen-bond acceptors (Lipinski definition) is 4. The van der Waals surface area contributed by atoms with Crippen LogP contribution in [0.5, 0.6) is 0 Å². The lowest BCUT2D eigenvalue weighted by Gasteiger charge is -2.36. The Morgan fingerprint density at radius 1 is 1.41 bits per heavy atom. The van der Waals surface area contributed by atoms with Crippen LogP contribution in [0.25, 0.3) is 6.08 Å². The first-order valence-corrected chi connectivity index (χ1v) is 8.77. The second kappa shape index (κ2) is 6.32. The van der Waals surface area contributed by atoms with E-state index in [0.717, 1.165) is 5.56 Å². The Labute approximate surface area is 130 Å². The third-order valence-electron chi connectivity index (χ3n) is 4.07. The van der Waals surface area contributed by atoms with Crippen LogP contribution in [0.3, 0.4) is 0 Å². The Bertz CT molecular complexity index is 747. The van der Waals surface area contributed by atoms with Gasteiger partial charge in [-0.1, -0.05) is 12.1 Å². The Balaban J connectivity index is 2.12. The standard InChI is InChI=1S/C16H18N2O3S/c1-12-13(2)22(20,21)9-8-18(12)16(19)7-6-14-4-3-5-15(10-14)11-17/h3-7,10,12-13H,8-9H2,1-2H3/b7-6+. The van der Waals surface area contributed by atoms with Crippen LogP contribution in [0.2, 0.25) is 0 Å². The third-order valence-corrected chi connectivity index (χ3v) is 6.35. The van der Waals surface area contributed by atoms with Crippen LogP contribution in [-0.4, -0.2) is 42.8 Å².